The quantitative estimate of drug-likeness (QED) is 0.473. The van der Waals surface area contributed by atoms with Crippen molar-refractivity contribution in [2.45, 2.75) is 12.6 Å². The SMILES string of the molecule is N#CCc1cc([N+](=O)[O-])cc(C(F)(F)F)c1C=O. The molecule has 0 fully saturated rings. The maximum Gasteiger partial charge on any atom is 0.417 e. The van der Waals surface area contributed by atoms with Crippen LogP contribution in [0.4, 0.5) is 18.9 Å². The second-order valence-electron chi connectivity index (χ2n) is 3.27. The van der Waals surface area contributed by atoms with Crippen LogP contribution in [0.3, 0.4) is 0 Å². The fourth-order valence-corrected chi connectivity index (χ4v) is 1.41. The fourth-order valence-electron chi connectivity index (χ4n) is 1.41. The summed E-state index contributed by atoms with van der Waals surface area (Å²) in [4.78, 5) is 20.2. The Hall–Kier alpha value is -2.43. The summed E-state index contributed by atoms with van der Waals surface area (Å²) in [5, 5.41) is 18.9. The van der Waals surface area contributed by atoms with Crippen molar-refractivity contribution in [3.05, 3.63) is 38.9 Å². The highest BCUT2D eigenvalue weighted by atomic mass is 19.4. The third-order valence-corrected chi connectivity index (χ3v) is 2.15. The van der Waals surface area contributed by atoms with Gasteiger partial charge in [0, 0.05) is 17.7 Å². The van der Waals surface area contributed by atoms with Gasteiger partial charge in [0.1, 0.15) is 0 Å². The molecule has 94 valence electrons. The molecule has 1 aromatic rings. The topological polar surface area (TPSA) is 84.0 Å². The van der Waals surface area contributed by atoms with Gasteiger partial charge in [-0.2, -0.15) is 18.4 Å². The largest absolute Gasteiger partial charge is 0.417 e. The van der Waals surface area contributed by atoms with E-state index in [1.54, 1.807) is 6.07 Å². The van der Waals surface area contributed by atoms with Gasteiger partial charge in [0.05, 0.1) is 23.0 Å². The lowest BCUT2D eigenvalue weighted by Crippen LogP contribution is -2.12. The van der Waals surface area contributed by atoms with E-state index in [1.165, 1.54) is 0 Å². The second-order valence-corrected chi connectivity index (χ2v) is 3.27. The van der Waals surface area contributed by atoms with Gasteiger partial charge in [-0.25, -0.2) is 0 Å². The molecule has 5 nitrogen and oxygen atoms in total. The number of carbonyl (C=O) groups excluding carboxylic acids is 1. The van der Waals surface area contributed by atoms with Crippen LogP contribution in [0.1, 0.15) is 21.5 Å². The molecule has 0 N–H and O–H groups in total. The van der Waals surface area contributed by atoms with Crippen LogP contribution in [0.2, 0.25) is 0 Å². The van der Waals surface area contributed by atoms with Gasteiger partial charge in [-0.3, -0.25) is 14.9 Å². The van der Waals surface area contributed by atoms with Crippen LogP contribution < -0.4 is 0 Å². The Labute approximate surface area is 98.6 Å². The molecule has 8 heteroatoms. The van der Waals surface area contributed by atoms with Crippen LogP contribution in [-0.4, -0.2) is 11.2 Å². The summed E-state index contributed by atoms with van der Waals surface area (Å²) in [7, 11) is 0. The number of non-ortho nitro benzene ring substituents is 1. The molecule has 0 bridgehead atoms. The molecule has 0 saturated carbocycles. The van der Waals surface area contributed by atoms with E-state index in [0.717, 1.165) is 6.07 Å². The molecule has 0 aliphatic heterocycles. The predicted octanol–water partition coefficient (Wildman–Crippen LogP) is 2.49. The fraction of sp³-hybridized carbons (Fsp3) is 0.200. The van der Waals surface area contributed by atoms with Crippen LogP contribution in [0, 0.1) is 21.4 Å². The molecular formula is C10H5F3N2O3. The molecule has 0 heterocycles. The molecule has 18 heavy (non-hydrogen) atoms. The molecule has 0 aliphatic carbocycles. The molecule has 0 aromatic heterocycles. The zero-order chi connectivity index (χ0) is 13.9. The highest BCUT2D eigenvalue weighted by Gasteiger charge is 2.36. The zero-order valence-electron chi connectivity index (χ0n) is 8.69. The molecule has 0 spiro atoms. The first-order valence-electron chi connectivity index (χ1n) is 4.52. The third kappa shape index (κ3) is 2.63. The van der Waals surface area contributed by atoms with Gasteiger partial charge in [0.15, 0.2) is 6.29 Å². The van der Waals surface area contributed by atoms with Crippen molar-refractivity contribution >= 4 is 12.0 Å². The van der Waals surface area contributed by atoms with Crippen molar-refractivity contribution in [2.24, 2.45) is 0 Å². The number of halogens is 3. The van der Waals surface area contributed by atoms with Crippen molar-refractivity contribution in [3.8, 4) is 6.07 Å². The van der Waals surface area contributed by atoms with Crippen molar-refractivity contribution < 1.29 is 22.9 Å². The molecule has 0 unspecified atom stereocenters. The van der Waals surface area contributed by atoms with Crippen molar-refractivity contribution in [3.63, 3.8) is 0 Å². The van der Waals surface area contributed by atoms with Crippen LogP contribution in [-0.2, 0) is 12.6 Å². The maximum atomic E-state index is 12.6. The first kappa shape index (κ1) is 13.6. The molecule has 1 aromatic carbocycles. The van der Waals surface area contributed by atoms with Crippen LogP contribution in [0.25, 0.3) is 0 Å². The van der Waals surface area contributed by atoms with Gasteiger partial charge in [-0.05, 0) is 5.56 Å². The lowest BCUT2D eigenvalue weighted by molar-refractivity contribution is -0.385. The smallest absolute Gasteiger partial charge is 0.298 e. The number of alkyl halides is 3. The minimum Gasteiger partial charge on any atom is -0.298 e. The van der Waals surface area contributed by atoms with E-state index in [-0.39, 0.29) is 17.9 Å². The standard InChI is InChI=1S/C10H5F3N2O3/c11-10(12,13)9-4-7(15(17)18)3-6(1-2-14)8(9)5-16/h3-5H,1H2. The van der Waals surface area contributed by atoms with E-state index in [9.17, 15) is 28.1 Å². The summed E-state index contributed by atoms with van der Waals surface area (Å²) in [6, 6.07) is 2.63. The third-order valence-electron chi connectivity index (χ3n) is 2.15. The summed E-state index contributed by atoms with van der Waals surface area (Å²) in [5.41, 5.74) is -3.26. The Bertz CT molecular complexity index is 547. The number of benzene rings is 1. The Morgan fingerprint density at radius 3 is 2.44 bits per heavy atom. The lowest BCUT2D eigenvalue weighted by atomic mass is 9.98. The minimum atomic E-state index is -4.90. The number of nitro groups is 1. The van der Waals surface area contributed by atoms with Gasteiger partial charge in [0.2, 0.25) is 0 Å². The number of nitriles is 1. The molecule has 1 rings (SSSR count). The maximum absolute atomic E-state index is 12.6. The Morgan fingerprint density at radius 1 is 1.44 bits per heavy atom. The summed E-state index contributed by atoms with van der Waals surface area (Å²) in [5.74, 6) is 0. The summed E-state index contributed by atoms with van der Waals surface area (Å²) in [6.45, 7) is 0. The van der Waals surface area contributed by atoms with E-state index in [1.807, 2.05) is 0 Å². The van der Waals surface area contributed by atoms with E-state index in [0.29, 0.717) is 0 Å². The van der Waals surface area contributed by atoms with Crippen molar-refractivity contribution in [1.82, 2.24) is 0 Å². The Balaban J connectivity index is 3.62. The monoisotopic (exact) mass is 258 g/mol. The van der Waals surface area contributed by atoms with Gasteiger partial charge >= 0.3 is 6.18 Å². The highest BCUT2D eigenvalue weighted by molar-refractivity contribution is 5.81. The first-order valence-corrected chi connectivity index (χ1v) is 4.52. The Kier molecular flexibility index (Phi) is 3.66. The summed E-state index contributed by atoms with van der Waals surface area (Å²) >= 11 is 0. The number of hydrogen-bond acceptors (Lipinski definition) is 4. The van der Waals surface area contributed by atoms with Crippen molar-refractivity contribution in [1.29, 1.82) is 5.26 Å². The average molecular weight is 258 g/mol. The van der Waals surface area contributed by atoms with Gasteiger partial charge < -0.3 is 0 Å². The Morgan fingerprint density at radius 2 is 2.06 bits per heavy atom. The summed E-state index contributed by atoms with van der Waals surface area (Å²) < 4.78 is 37.9. The minimum absolute atomic E-state index is 0.0563. The predicted molar refractivity (Wildman–Crippen MR) is 52.8 cm³/mol. The molecule has 0 radical (unpaired) electrons. The van der Waals surface area contributed by atoms with E-state index >= 15 is 0 Å². The van der Waals surface area contributed by atoms with Crippen LogP contribution in [0.15, 0.2) is 12.1 Å². The highest BCUT2D eigenvalue weighted by Crippen LogP contribution is 2.35. The number of rotatable bonds is 3. The van der Waals surface area contributed by atoms with Crippen LogP contribution in [0.5, 0.6) is 0 Å². The number of carbonyl (C=O) groups is 1. The summed E-state index contributed by atoms with van der Waals surface area (Å²) in [6.07, 6.45) is -5.47. The van der Waals surface area contributed by atoms with Gasteiger partial charge in [-0.1, -0.05) is 0 Å². The number of aldehydes is 1. The molecule has 0 atom stereocenters. The normalized spacial score (nSPS) is 10.8. The van der Waals surface area contributed by atoms with E-state index in [2.05, 4.69) is 0 Å². The van der Waals surface area contributed by atoms with Gasteiger partial charge in [-0.15, -0.1) is 0 Å². The number of nitrogens with zero attached hydrogens (tertiary/aromatic N) is 2. The average Bonchev–Trinajstić information content (AvgIpc) is 2.27. The van der Waals surface area contributed by atoms with Crippen LogP contribution >= 0.6 is 0 Å². The van der Waals surface area contributed by atoms with E-state index in [4.69, 9.17) is 5.26 Å². The zero-order valence-corrected chi connectivity index (χ0v) is 8.69. The molecule has 0 amide bonds. The molecule has 0 aliphatic rings. The number of nitro benzene ring substituents is 1. The molecular weight excluding hydrogens is 253 g/mol. The number of hydrogen-bond donors (Lipinski definition) is 0. The lowest BCUT2D eigenvalue weighted by Gasteiger charge is -2.11. The first-order chi connectivity index (χ1) is 8.31. The van der Waals surface area contributed by atoms with Gasteiger partial charge in [0.25, 0.3) is 5.69 Å². The molecule has 0 saturated heterocycles. The second kappa shape index (κ2) is 4.83. The van der Waals surface area contributed by atoms with E-state index < -0.39 is 34.3 Å². The van der Waals surface area contributed by atoms with Crippen molar-refractivity contribution in [2.75, 3.05) is 0 Å².